The second-order valence-electron chi connectivity index (χ2n) is 9.79. The molecule has 0 aromatic heterocycles. The number of aliphatic carboxylic acids is 1. The van der Waals surface area contributed by atoms with Gasteiger partial charge in [0.1, 0.15) is 27.9 Å². The fraction of sp³-hybridized carbons (Fsp3) is 0.345. The second-order valence-corrected chi connectivity index (χ2v) is 12.1. The summed E-state index contributed by atoms with van der Waals surface area (Å²) in [7, 11) is -2.99. The number of carboxylic acid groups (broad SMARTS) is 1. The Kier molecular flexibility index (Phi) is 7.21. The molecule has 3 aromatic rings. The van der Waals surface area contributed by atoms with Crippen molar-refractivity contribution in [3.05, 3.63) is 71.3 Å². The zero-order chi connectivity index (χ0) is 26.9. The molecule has 5 rings (SSSR count). The van der Waals surface area contributed by atoms with Gasteiger partial charge in [0.2, 0.25) is 0 Å². The predicted octanol–water partition coefficient (Wildman–Crippen LogP) is 4.94. The number of rotatable bonds is 9. The van der Waals surface area contributed by atoms with Gasteiger partial charge < -0.3 is 24.1 Å². The monoisotopic (exact) mass is 538 g/mol. The number of carboxylic acids is 1. The first-order chi connectivity index (χ1) is 18.2. The van der Waals surface area contributed by atoms with Crippen LogP contribution in [0.5, 0.6) is 23.0 Å². The summed E-state index contributed by atoms with van der Waals surface area (Å²) >= 11 is 0. The van der Waals surface area contributed by atoms with Crippen molar-refractivity contribution >= 4 is 15.8 Å². The van der Waals surface area contributed by atoms with Crippen molar-refractivity contribution in [1.82, 2.24) is 0 Å². The lowest BCUT2D eigenvalue weighted by atomic mass is 9.96. The fourth-order valence-electron chi connectivity index (χ4n) is 4.85. The Labute approximate surface area is 222 Å². The Bertz CT molecular complexity index is 1460. The van der Waals surface area contributed by atoms with Crippen LogP contribution in [-0.4, -0.2) is 51.3 Å². The zero-order valence-corrected chi connectivity index (χ0v) is 22.1. The molecular formula is C29H30O8S. The third kappa shape index (κ3) is 5.88. The molecule has 0 bridgehead atoms. The minimum Gasteiger partial charge on any atom is -0.494 e. The van der Waals surface area contributed by atoms with E-state index < -0.39 is 15.8 Å². The van der Waals surface area contributed by atoms with E-state index in [4.69, 9.17) is 24.1 Å². The molecule has 0 saturated carbocycles. The molecule has 1 unspecified atom stereocenters. The molecule has 0 fully saturated rings. The van der Waals surface area contributed by atoms with Crippen LogP contribution in [0.15, 0.2) is 54.6 Å². The summed E-state index contributed by atoms with van der Waals surface area (Å²) in [5.41, 5.74) is 4.94. The molecule has 3 aromatic carbocycles. The molecule has 0 aliphatic carbocycles. The lowest BCUT2D eigenvalue weighted by Gasteiger charge is -2.27. The van der Waals surface area contributed by atoms with Crippen LogP contribution in [0.1, 0.15) is 41.6 Å². The van der Waals surface area contributed by atoms with Crippen molar-refractivity contribution in [2.75, 3.05) is 31.8 Å². The number of ether oxygens (including phenoxy) is 4. The van der Waals surface area contributed by atoms with Crippen LogP contribution in [0.4, 0.5) is 0 Å². The zero-order valence-electron chi connectivity index (χ0n) is 21.3. The van der Waals surface area contributed by atoms with Gasteiger partial charge in [0.05, 0.1) is 25.4 Å². The molecule has 38 heavy (non-hydrogen) atoms. The van der Waals surface area contributed by atoms with Gasteiger partial charge in [-0.25, -0.2) is 8.42 Å². The molecule has 2 aliphatic rings. The van der Waals surface area contributed by atoms with E-state index in [2.05, 4.69) is 6.07 Å². The first-order valence-corrected chi connectivity index (χ1v) is 14.6. The fourth-order valence-corrected chi connectivity index (χ4v) is 5.49. The van der Waals surface area contributed by atoms with Gasteiger partial charge in [-0.3, -0.25) is 4.79 Å². The molecule has 2 atom stereocenters. The SMILES string of the molecule is Cc1cc(OCCCS(C)(=O)=O)ccc1-c1cccc(C2COc3cc4c(cc3O2)OC[C@H]4CC(=O)O)c1. The third-order valence-electron chi connectivity index (χ3n) is 6.73. The van der Waals surface area contributed by atoms with Crippen LogP contribution in [0.25, 0.3) is 11.1 Å². The summed E-state index contributed by atoms with van der Waals surface area (Å²) in [4.78, 5) is 11.2. The van der Waals surface area contributed by atoms with Gasteiger partial charge in [0.25, 0.3) is 0 Å². The predicted molar refractivity (Wildman–Crippen MR) is 142 cm³/mol. The second kappa shape index (κ2) is 10.6. The first kappa shape index (κ1) is 25.9. The van der Waals surface area contributed by atoms with Crippen molar-refractivity contribution in [1.29, 1.82) is 0 Å². The van der Waals surface area contributed by atoms with E-state index in [1.807, 2.05) is 49.4 Å². The summed E-state index contributed by atoms with van der Waals surface area (Å²) in [6.45, 7) is 3.02. The summed E-state index contributed by atoms with van der Waals surface area (Å²) in [5.74, 6) is 1.57. The number of aryl methyl sites for hydroxylation is 1. The Morgan fingerprint density at radius 2 is 1.84 bits per heavy atom. The van der Waals surface area contributed by atoms with Crippen molar-refractivity contribution in [3.63, 3.8) is 0 Å². The van der Waals surface area contributed by atoms with Crippen molar-refractivity contribution in [2.24, 2.45) is 0 Å². The van der Waals surface area contributed by atoms with E-state index in [0.29, 0.717) is 49.2 Å². The highest BCUT2D eigenvalue weighted by molar-refractivity contribution is 7.90. The minimum atomic E-state index is -2.99. The van der Waals surface area contributed by atoms with Crippen LogP contribution in [0.3, 0.4) is 0 Å². The molecular weight excluding hydrogens is 508 g/mol. The number of hydrogen-bond acceptors (Lipinski definition) is 7. The summed E-state index contributed by atoms with van der Waals surface area (Å²) < 4.78 is 46.4. The maximum atomic E-state index is 11.3. The smallest absolute Gasteiger partial charge is 0.304 e. The van der Waals surface area contributed by atoms with Crippen molar-refractivity contribution < 1.29 is 37.3 Å². The quantitative estimate of drug-likeness (QED) is 0.382. The molecule has 200 valence electrons. The van der Waals surface area contributed by atoms with Gasteiger partial charge in [0.15, 0.2) is 17.6 Å². The van der Waals surface area contributed by atoms with Gasteiger partial charge in [-0.15, -0.1) is 0 Å². The van der Waals surface area contributed by atoms with E-state index in [1.165, 1.54) is 6.26 Å². The van der Waals surface area contributed by atoms with E-state index in [9.17, 15) is 13.2 Å². The minimum absolute atomic E-state index is 0.0117. The lowest BCUT2D eigenvalue weighted by Crippen LogP contribution is -2.21. The number of hydrogen-bond donors (Lipinski definition) is 1. The highest BCUT2D eigenvalue weighted by atomic mass is 32.2. The molecule has 1 N–H and O–H groups in total. The third-order valence-corrected chi connectivity index (χ3v) is 7.76. The van der Waals surface area contributed by atoms with Crippen LogP contribution in [0, 0.1) is 6.92 Å². The average molecular weight is 539 g/mol. The van der Waals surface area contributed by atoms with E-state index >= 15 is 0 Å². The molecule has 0 saturated heterocycles. The Morgan fingerprint density at radius 1 is 1.03 bits per heavy atom. The molecule has 2 aliphatic heterocycles. The van der Waals surface area contributed by atoms with E-state index in [-0.39, 0.29) is 24.2 Å². The Hall–Kier alpha value is -3.72. The van der Waals surface area contributed by atoms with Crippen molar-refractivity contribution in [2.45, 2.75) is 31.8 Å². The van der Waals surface area contributed by atoms with E-state index in [1.54, 1.807) is 6.07 Å². The maximum Gasteiger partial charge on any atom is 0.304 e. The standard InChI is InChI=1S/C29H30O8S/c1-18-11-22(34-9-4-10-38(2,32)33)7-8-23(18)19-5-3-6-20(12-19)28-17-36-26-14-24-21(13-29(30)31)16-35-25(24)15-27(26)37-28/h3,5-8,11-12,14-15,21,28H,4,9-10,13,16-17H2,1-2H3,(H,30,31)/t21-,28?/m1/s1. The Balaban J connectivity index is 1.29. The molecule has 9 heteroatoms. The van der Waals surface area contributed by atoms with E-state index in [0.717, 1.165) is 27.8 Å². The average Bonchev–Trinajstić information content (AvgIpc) is 3.25. The summed E-state index contributed by atoms with van der Waals surface area (Å²) in [6, 6.07) is 17.6. The number of benzene rings is 3. The summed E-state index contributed by atoms with van der Waals surface area (Å²) in [6.07, 6.45) is 1.38. The van der Waals surface area contributed by atoms with Gasteiger partial charge in [0, 0.05) is 23.8 Å². The summed E-state index contributed by atoms with van der Waals surface area (Å²) in [5, 5.41) is 9.17. The topological polar surface area (TPSA) is 108 Å². The normalized spacial score (nSPS) is 17.9. The van der Waals surface area contributed by atoms with Crippen LogP contribution >= 0.6 is 0 Å². The molecule has 8 nitrogen and oxygen atoms in total. The van der Waals surface area contributed by atoms with Gasteiger partial charge in [-0.1, -0.05) is 24.3 Å². The first-order valence-electron chi connectivity index (χ1n) is 12.5. The van der Waals surface area contributed by atoms with Gasteiger partial charge >= 0.3 is 5.97 Å². The Morgan fingerprint density at radius 3 is 2.61 bits per heavy atom. The highest BCUT2D eigenvalue weighted by Crippen LogP contribution is 2.46. The molecule has 0 radical (unpaired) electrons. The van der Waals surface area contributed by atoms with Crippen molar-refractivity contribution in [3.8, 4) is 34.1 Å². The number of fused-ring (bicyclic) bond motifs is 2. The largest absolute Gasteiger partial charge is 0.494 e. The van der Waals surface area contributed by atoms with Crippen LogP contribution < -0.4 is 18.9 Å². The molecule has 2 heterocycles. The van der Waals surface area contributed by atoms with Crippen LogP contribution in [-0.2, 0) is 14.6 Å². The number of sulfone groups is 1. The highest BCUT2D eigenvalue weighted by Gasteiger charge is 2.31. The maximum absolute atomic E-state index is 11.3. The van der Waals surface area contributed by atoms with Gasteiger partial charge in [-0.05, 0) is 59.9 Å². The molecule has 0 spiro atoms. The van der Waals surface area contributed by atoms with Crippen LogP contribution in [0.2, 0.25) is 0 Å². The lowest BCUT2D eigenvalue weighted by molar-refractivity contribution is -0.137. The number of carbonyl (C=O) groups is 1. The molecule has 0 amide bonds. The van der Waals surface area contributed by atoms with Gasteiger partial charge in [-0.2, -0.15) is 0 Å².